The number of methoxy groups -OCH3 is 2. The number of nitrogens with zero attached hydrogens (tertiary/aromatic N) is 5. The highest BCUT2D eigenvalue weighted by Crippen LogP contribution is 2.37. The van der Waals surface area contributed by atoms with Crippen molar-refractivity contribution < 1.29 is 14.4 Å². The monoisotopic (exact) mass is 481 g/mol. The van der Waals surface area contributed by atoms with E-state index in [1.807, 2.05) is 24.3 Å². The van der Waals surface area contributed by atoms with Gasteiger partial charge in [-0.1, -0.05) is 22.7 Å². The summed E-state index contributed by atoms with van der Waals surface area (Å²) in [6, 6.07) is 10.9. The lowest BCUT2D eigenvalue weighted by Gasteiger charge is -2.06. The van der Waals surface area contributed by atoms with Crippen molar-refractivity contribution in [2.75, 3.05) is 24.9 Å². The summed E-state index contributed by atoms with van der Waals surface area (Å²) in [5.74, 6) is 1.44. The summed E-state index contributed by atoms with van der Waals surface area (Å²) in [5.41, 5.74) is 1.16. The van der Waals surface area contributed by atoms with Gasteiger partial charge in [-0.2, -0.15) is 0 Å². The number of nitrogens with one attached hydrogen (secondary N) is 2. The van der Waals surface area contributed by atoms with E-state index >= 15 is 0 Å². The predicted molar refractivity (Wildman–Crippen MR) is 128 cm³/mol. The second kappa shape index (κ2) is 8.44. The smallest absolute Gasteiger partial charge is 0.354 e. The van der Waals surface area contributed by atoms with Crippen LogP contribution in [-0.4, -0.2) is 39.1 Å². The average molecular weight is 482 g/mol. The minimum absolute atomic E-state index is 0.0197. The highest BCUT2D eigenvalue weighted by molar-refractivity contribution is 7.22. The van der Waals surface area contributed by atoms with Gasteiger partial charge in [-0.05, 0) is 36.4 Å². The molecule has 0 saturated carbocycles. The lowest BCUT2D eigenvalue weighted by molar-refractivity contribution is -0.383. The molecule has 0 bridgehead atoms. The Morgan fingerprint density at radius 2 is 1.33 bits per heavy atom. The Morgan fingerprint density at radius 1 is 0.848 bits per heavy atom. The Balaban J connectivity index is 1.48. The fraction of sp³-hybridized carbons (Fsp3) is 0.100. The van der Waals surface area contributed by atoms with E-state index in [2.05, 4.69) is 30.6 Å². The van der Waals surface area contributed by atoms with Crippen molar-refractivity contribution >= 4 is 70.7 Å². The van der Waals surface area contributed by atoms with Gasteiger partial charge >= 0.3 is 5.69 Å². The fourth-order valence-corrected chi connectivity index (χ4v) is 4.89. The Hall–Kier alpha value is -4.10. The summed E-state index contributed by atoms with van der Waals surface area (Å²) in [5, 5.41) is 18.7. The highest BCUT2D eigenvalue weighted by atomic mass is 32.1. The minimum atomic E-state index is -0.544. The van der Waals surface area contributed by atoms with E-state index in [4.69, 9.17) is 9.47 Å². The van der Waals surface area contributed by atoms with E-state index in [0.29, 0.717) is 21.8 Å². The number of fused-ring (bicyclic) bond motifs is 2. The predicted octanol–water partition coefficient (Wildman–Crippen LogP) is 5.11. The van der Waals surface area contributed by atoms with E-state index < -0.39 is 4.92 Å². The zero-order chi connectivity index (χ0) is 22.9. The largest absolute Gasteiger partial charge is 0.497 e. The Bertz CT molecular complexity index is 1400. The molecule has 0 unspecified atom stereocenters. The second-order valence-electron chi connectivity index (χ2n) is 6.63. The summed E-state index contributed by atoms with van der Waals surface area (Å²) < 4.78 is 12.2. The van der Waals surface area contributed by atoms with Gasteiger partial charge in [-0.3, -0.25) is 10.1 Å². The van der Waals surface area contributed by atoms with Gasteiger partial charge in [0.15, 0.2) is 10.3 Å². The van der Waals surface area contributed by atoms with Gasteiger partial charge in [0.2, 0.25) is 11.6 Å². The molecule has 11 nitrogen and oxygen atoms in total. The molecule has 3 aromatic heterocycles. The number of ether oxygens (including phenoxy) is 2. The van der Waals surface area contributed by atoms with E-state index in [1.165, 1.54) is 29.0 Å². The molecule has 3 heterocycles. The number of hydrogen-bond donors (Lipinski definition) is 2. The molecule has 13 heteroatoms. The van der Waals surface area contributed by atoms with Crippen LogP contribution < -0.4 is 20.1 Å². The number of aromatic nitrogens is 4. The molecule has 2 N–H and O–H groups in total. The number of nitro groups is 1. The average Bonchev–Trinajstić information content (AvgIpc) is 3.40. The molecule has 5 aromatic rings. The zero-order valence-electron chi connectivity index (χ0n) is 17.2. The first-order valence-corrected chi connectivity index (χ1v) is 11.1. The third kappa shape index (κ3) is 4.06. The maximum atomic E-state index is 11.9. The highest BCUT2D eigenvalue weighted by Gasteiger charge is 2.25. The van der Waals surface area contributed by atoms with Gasteiger partial charge in [-0.15, -0.1) is 0 Å². The molecule has 2 aromatic carbocycles. The lowest BCUT2D eigenvalue weighted by Crippen LogP contribution is -2.05. The van der Waals surface area contributed by atoms with E-state index in [0.717, 1.165) is 20.4 Å². The van der Waals surface area contributed by atoms with Crippen LogP contribution >= 0.6 is 22.7 Å². The second-order valence-corrected chi connectivity index (χ2v) is 8.69. The first kappa shape index (κ1) is 20.8. The van der Waals surface area contributed by atoms with Crippen molar-refractivity contribution in [2.45, 2.75) is 0 Å². The number of hydrogen-bond acceptors (Lipinski definition) is 12. The molecule has 33 heavy (non-hydrogen) atoms. The van der Waals surface area contributed by atoms with E-state index in [-0.39, 0.29) is 17.3 Å². The summed E-state index contributed by atoms with van der Waals surface area (Å²) in [4.78, 5) is 28.4. The van der Waals surface area contributed by atoms with E-state index in [1.54, 1.807) is 26.4 Å². The molecule has 0 atom stereocenters. The van der Waals surface area contributed by atoms with Crippen LogP contribution in [0.2, 0.25) is 0 Å². The zero-order valence-corrected chi connectivity index (χ0v) is 18.9. The maximum absolute atomic E-state index is 11.9. The summed E-state index contributed by atoms with van der Waals surface area (Å²) in [6.07, 6.45) is 1.24. The lowest BCUT2D eigenvalue weighted by atomic mass is 10.3. The summed E-state index contributed by atoms with van der Waals surface area (Å²) in [7, 11) is 3.17. The molecular weight excluding hydrogens is 466 g/mol. The fourth-order valence-electron chi connectivity index (χ4n) is 3.11. The number of anilines is 4. The molecular formula is C20H15N7O4S2. The minimum Gasteiger partial charge on any atom is -0.497 e. The normalized spacial score (nSPS) is 11.0. The number of rotatable bonds is 7. The molecule has 0 saturated heterocycles. The first-order valence-electron chi connectivity index (χ1n) is 9.46. The van der Waals surface area contributed by atoms with Crippen LogP contribution in [0.3, 0.4) is 0 Å². The quantitative estimate of drug-likeness (QED) is 0.238. The molecule has 0 aliphatic carbocycles. The molecule has 0 fully saturated rings. The Labute approximate surface area is 194 Å². The number of benzene rings is 2. The third-order valence-corrected chi connectivity index (χ3v) is 6.51. The topological polar surface area (TPSA) is 137 Å². The van der Waals surface area contributed by atoms with Gasteiger partial charge < -0.3 is 20.1 Å². The Morgan fingerprint density at radius 3 is 1.76 bits per heavy atom. The SMILES string of the molecule is COc1ccc2nc(Nc3ncnc(Nc4nc5ccc(OC)cc5s4)c3[N+](=O)[O-])sc2c1. The maximum Gasteiger partial charge on any atom is 0.354 e. The standard InChI is InChI=1S/C20H15N7O4S2/c1-30-10-3-5-12-14(7-10)32-19(23-12)25-17-16(27(28)29)18(22-9-21-17)26-20-24-13-6-4-11(31-2)8-15(13)33-20/h3-9H,1-2H3,(H2,21,22,23,24,25,26). The van der Waals surface area contributed by atoms with Crippen molar-refractivity contribution in [1.29, 1.82) is 0 Å². The van der Waals surface area contributed by atoms with Crippen LogP contribution in [0.15, 0.2) is 42.7 Å². The van der Waals surface area contributed by atoms with Crippen LogP contribution in [0, 0.1) is 10.1 Å². The van der Waals surface area contributed by atoms with Gasteiger partial charge in [0.1, 0.15) is 17.8 Å². The summed E-state index contributed by atoms with van der Waals surface area (Å²) >= 11 is 2.66. The molecule has 166 valence electrons. The van der Waals surface area contributed by atoms with Crippen molar-refractivity contribution in [1.82, 2.24) is 19.9 Å². The van der Waals surface area contributed by atoms with Gasteiger partial charge in [0.25, 0.3) is 0 Å². The molecule has 0 amide bonds. The summed E-state index contributed by atoms with van der Waals surface area (Å²) in [6.45, 7) is 0. The first-order chi connectivity index (χ1) is 16.0. The van der Waals surface area contributed by atoms with Crippen LogP contribution in [0.5, 0.6) is 11.5 Å². The van der Waals surface area contributed by atoms with Gasteiger partial charge in [0.05, 0.1) is 39.6 Å². The van der Waals surface area contributed by atoms with Crippen LogP contribution in [0.25, 0.3) is 20.4 Å². The van der Waals surface area contributed by atoms with Crippen LogP contribution in [0.1, 0.15) is 0 Å². The molecule has 0 radical (unpaired) electrons. The van der Waals surface area contributed by atoms with Crippen LogP contribution in [-0.2, 0) is 0 Å². The van der Waals surface area contributed by atoms with Crippen molar-refractivity contribution in [2.24, 2.45) is 0 Å². The van der Waals surface area contributed by atoms with Crippen molar-refractivity contribution in [3.8, 4) is 11.5 Å². The third-order valence-electron chi connectivity index (χ3n) is 4.65. The Kier molecular flexibility index (Phi) is 5.32. The van der Waals surface area contributed by atoms with Gasteiger partial charge in [0, 0.05) is 0 Å². The van der Waals surface area contributed by atoms with E-state index in [9.17, 15) is 10.1 Å². The molecule has 0 aliphatic rings. The molecule has 5 rings (SSSR count). The molecule has 0 spiro atoms. The van der Waals surface area contributed by atoms with Crippen molar-refractivity contribution in [3.05, 3.63) is 52.8 Å². The number of thiazole rings is 2. The van der Waals surface area contributed by atoms with Crippen molar-refractivity contribution in [3.63, 3.8) is 0 Å². The molecule has 0 aliphatic heterocycles. The van der Waals surface area contributed by atoms with Gasteiger partial charge in [-0.25, -0.2) is 19.9 Å². The van der Waals surface area contributed by atoms with Crippen LogP contribution in [0.4, 0.5) is 27.6 Å².